The molecule has 0 saturated heterocycles. The Morgan fingerprint density at radius 3 is 2.09 bits per heavy atom. The van der Waals surface area contributed by atoms with Gasteiger partial charge in [0, 0.05) is 24.2 Å². The van der Waals surface area contributed by atoms with Crippen molar-refractivity contribution in [1.82, 2.24) is 15.0 Å². The van der Waals surface area contributed by atoms with E-state index in [0.29, 0.717) is 30.0 Å². The maximum absolute atomic E-state index is 12.7. The third-order valence-electron chi connectivity index (χ3n) is 5.13. The molecule has 0 amide bonds. The Kier molecular flexibility index (Phi) is 14.3. The summed E-state index contributed by atoms with van der Waals surface area (Å²) in [6.07, 6.45) is -2.65. The number of nitro groups is 1. The summed E-state index contributed by atoms with van der Waals surface area (Å²) in [5, 5.41) is 17.9. The highest BCUT2D eigenvalue weighted by atomic mass is 35.5. The van der Waals surface area contributed by atoms with E-state index < -0.39 is 46.5 Å². The van der Waals surface area contributed by atoms with Crippen LogP contribution in [0.25, 0.3) is 0 Å². The molecule has 0 spiro atoms. The lowest BCUT2D eigenvalue weighted by molar-refractivity contribution is -0.385. The molecule has 0 atom stereocenters. The molecule has 13 nitrogen and oxygen atoms in total. The van der Waals surface area contributed by atoms with Gasteiger partial charge in [-0.15, -0.1) is 0 Å². The first-order chi connectivity index (χ1) is 21.5. The third-order valence-corrected chi connectivity index (χ3v) is 5.97. The Balaban J connectivity index is 0.000000387. The quantitative estimate of drug-likeness (QED) is 0.0863. The maximum atomic E-state index is 12.7. The van der Waals surface area contributed by atoms with E-state index in [9.17, 15) is 32.9 Å². The number of alkyl halides is 3. The van der Waals surface area contributed by atoms with Crippen molar-refractivity contribution in [3.05, 3.63) is 62.7 Å². The van der Waals surface area contributed by atoms with E-state index in [4.69, 9.17) is 21.1 Å². The van der Waals surface area contributed by atoms with Crippen LogP contribution >= 0.6 is 23.4 Å². The fourth-order valence-corrected chi connectivity index (χ4v) is 3.86. The molecule has 3 aromatic rings. The summed E-state index contributed by atoms with van der Waals surface area (Å²) in [6, 6.07) is 5.97. The van der Waals surface area contributed by atoms with Crippen LogP contribution in [0.4, 0.5) is 30.8 Å². The zero-order valence-electron chi connectivity index (χ0n) is 25.6. The number of anilines is 2. The van der Waals surface area contributed by atoms with Gasteiger partial charge in [-0.25, -0.2) is 9.59 Å². The smallest absolute Gasteiger partial charge is 0.416 e. The standard InChI is InChI=1S/C18H13ClF3NO7.C10H19N5S/c1-2-28-16(24)9-29-17(25)12-8-11(4-5-14(12)23(26)27)30-15-6-3-10(7-13(15)19)18(20,21)22;1-6(2)11-8-13-9(12-7(3)4)15-10(14-8)16-5/h3-8H,2,9H2,1H3;6-7H,1-5H3,(H2,11,12,13,14,15). The first-order valence-electron chi connectivity index (χ1n) is 13.5. The average Bonchev–Trinajstić information content (AvgIpc) is 2.96. The van der Waals surface area contributed by atoms with E-state index in [0.717, 1.165) is 35.5 Å². The van der Waals surface area contributed by atoms with Gasteiger partial charge in [-0.05, 0) is 65.1 Å². The second kappa shape index (κ2) is 17.4. The minimum atomic E-state index is -4.61. The van der Waals surface area contributed by atoms with Gasteiger partial charge >= 0.3 is 18.1 Å². The monoisotopic (exact) mass is 688 g/mol. The third kappa shape index (κ3) is 12.2. The number of benzene rings is 2. The number of halogens is 4. The molecule has 0 aliphatic carbocycles. The zero-order valence-corrected chi connectivity index (χ0v) is 27.2. The molecule has 46 heavy (non-hydrogen) atoms. The summed E-state index contributed by atoms with van der Waals surface area (Å²) >= 11 is 7.32. The molecule has 0 unspecified atom stereocenters. The summed E-state index contributed by atoms with van der Waals surface area (Å²) in [4.78, 5) is 46.6. The Morgan fingerprint density at radius 2 is 1.61 bits per heavy atom. The number of thioether (sulfide) groups is 1. The minimum Gasteiger partial charge on any atom is -0.463 e. The molecule has 0 radical (unpaired) electrons. The van der Waals surface area contributed by atoms with Crippen LogP contribution in [0, 0.1) is 10.1 Å². The molecular formula is C28H32ClF3N6O7S. The fraction of sp³-hybridized carbons (Fsp3) is 0.393. The largest absolute Gasteiger partial charge is 0.463 e. The number of hydrogen-bond acceptors (Lipinski definition) is 13. The van der Waals surface area contributed by atoms with E-state index in [1.54, 1.807) is 0 Å². The SMILES string of the molecule is CCOC(=O)COC(=O)c1cc(Oc2ccc(C(F)(F)F)cc2Cl)ccc1[N+](=O)[O-].CSc1nc(NC(C)C)nc(NC(C)C)n1. The highest BCUT2D eigenvalue weighted by Gasteiger charge is 2.31. The summed E-state index contributed by atoms with van der Waals surface area (Å²) < 4.78 is 52.8. The molecule has 0 saturated carbocycles. The summed E-state index contributed by atoms with van der Waals surface area (Å²) in [7, 11) is 0. The summed E-state index contributed by atoms with van der Waals surface area (Å²) in [6.45, 7) is 9.04. The maximum Gasteiger partial charge on any atom is 0.416 e. The zero-order chi connectivity index (χ0) is 34.6. The molecule has 1 heterocycles. The second-order valence-corrected chi connectivity index (χ2v) is 10.8. The van der Waals surface area contributed by atoms with Crippen LogP contribution in [0.2, 0.25) is 5.02 Å². The molecule has 250 valence electrons. The first-order valence-corrected chi connectivity index (χ1v) is 15.1. The van der Waals surface area contributed by atoms with Crippen LogP contribution in [0.1, 0.15) is 50.5 Å². The van der Waals surface area contributed by atoms with Crippen LogP contribution < -0.4 is 15.4 Å². The molecule has 1 aromatic heterocycles. The number of hydrogen-bond donors (Lipinski definition) is 2. The number of carbonyl (C=O) groups excluding carboxylic acids is 2. The van der Waals surface area contributed by atoms with Gasteiger partial charge in [0.25, 0.3) is 5.69 Å². The van der Waals surface area contributed by atoms with E-state index in [1.165, 1.54) is 18.7 Å². The van der Waals surface area contributed by atoms with Gasteiger partial charge in [0.05, 0.1) is 22.1 Å². The molecule has 2 aromatic carbocycles. The summed E-state index contributed by atoms with van der Waals surface area (Å²) in [5.74, 6) is -1.11. The number of ether oxygens (including phenoxy) is 3. The lowest BCUT2D eigenvalue weighted by Crippen LogP contribution is -2.17. The van der Waals surface area contributed by atoms with Gasteiger partial charge in [0.1, 0.15) is 17.1 Å². The van der Waals surface area contributed by atoms with Crippen LogP contribution in [0.3, 0.4) is 0 Å². The molecule has 3 rings (SSSR count). The molecule has 0 fully saturated rings. The Hall–Kier alpha value is -4.38. The Morgan fingerprint density at radius 1 is 1.00 bits per heavy atom. The van der Waals surface area contributed by atoms with Gasteiger partial charge in [0.2, 0.25) is 11.9 Å². The average molecular weight is 689 g/mol. The number of nitrogens with zero attached hydrogens (tertiary/aromatic N) is 4. The van der Waals surface area contributed by atoms with Gasteiger partial charge < -0.3 is 24.8 Å². The number of nitro benzene ring substituents is 1. The number of carbonyl (C=O) groups is 2. The van der Waals surface area contributed by atoms with Crippen molar-refractivity contribution < 1.29 is 41.9 Å². The first kappa shape index (κ1) is 37.8. The van der Waals surface area contributed by atoms with Crippen LogP contribution in [0.15, 0.2) is 41.6 Å². The topological polar surface area (TPSA) is 168 Å². The van der Waals surface area contributed by atoms with Crippen molar-refractivity contribution >= 4 is 52.9 Å². The minimum absolute atomic E-state index is 0.0493. The van der Waals surface area contributed by atoms with Crippen LogP contribution in [0.5, 0.6) is 11.5 Å². The molecule has 0 aliphatic rings. The lowest BCUT2D eigenvalue weighted by Gasteiger charge is -2.12. The Labute approximate surface area is 271 Å². The number of rotatable bonds is 12. The predicted octanol–water partition coefficient (Wildman–Crippen LogP) is 7.01. The lowest BCUT2D eigenvalue weighted by atomic mass is 10.1. The van der Waals surface area contributed by atoms with Gasteiger partial charge in [-0.1, -0.05) is 23.4 Å². The highest BCUT2D eigenvalue weighted by molar-refractivity contribution is 7.98. The highest BCUT2D eigenvalue weighted by Crippen LogP contribution is 2.37. The number of aromatic nitrogens is 3. The number of nitrogens with one attached hydrogen (secondary N) is 2. The van der Waals surface area contributed by atoms with Gasteiger partial charge in [-0.2, -0.15) is 28.1 Å². The molecule has 0 aliphatic heterocycles. The summed E-state index contributed by atoms with van der Waals surface area (Å²) in [5.41, 5.74) is -2.16. The molecule has 0 bridgehead atoms. The van der Waals surface area contributed by atoms with Crippen molar-refractivity contribution in [2.24, 2.45) is 0 Å². The van der Waals surface area contributed by atoms with Crippen molar-refractivity contribution in [2.75, 3.05) is 30.1 Å². The molecule has 2 N–H and O–H groups in total. The van der Waals surface area contributed by atoms with Crippen molar-refractivity contribution in [3.63, 3.8) is 0 Å². The molecular weight excluding hydrogens is 657 g/mol. The van der Waals surface area contributed by atoms with E-state index in [1.807, 2.05) is 6.26 Å². The van der Waals surface area contributed by atoms with E-state index in [-0.39, 0.29) is 23.1 Å². The predicted molar refractivity (Wildman–Crippen MR) is 166 cm³/mol. The normalized spacial score (nSPS) is 11.0. The fourth-order valence-electron chi connectivity index (χ4n) is 3.29. The van der Waals surface area contributed by atoms with Crippen molar-refractivity contribution in [1.29, 1.82) is 0 Å². The van der Waals surface area contributed by atoms with Gasteiger partial charge in [0.15, 0.2) is 11.8 Å². The van der Waals surface area contributed by atoms with Crippen molar-refractivity contribution in [2.45, 2.75) is 58.0 Å². The van der Waals surface area contributed by atoms with Crippen LogP contribution in [-0.2, 0) is 20.4 Å². The Bertz CT molecular complexity index is 1500. The van der Waals surface area contributed by atoms with Crippen LogP contribution in [-0.4, -0.2) is 63.4 Å². The van der Waals surface area contributed by atoms with E-state index in [2.05, 4.69) is 58.0 Å². The second-order valence-electron chi connectivity index (χ2n) is 9.63. The van der Waals surface area contributed by atoms with Crippen molar-refractivity contribution in [3.8, 4) is 11.5 Å². The molecule has 18 heteroatoms. The number of esters is 2. The van der Waals surface area contributed by atoms with E-state index >= 15 is 0 Å². The van der Waals surface area contributed by atoms with Gasteiger partial charge in [-0.3, -0.25) is 10.1 Å².